The van der Waals surface area contributed by atoms with Crippen LogP contribution in [0.15, 0.2) is 48.5 Å². The fourth-order valence-corrected chi connectivity index (χ4v) is 3.28. The summed E-state index contributed by atoms with van der Waals surface area (Å²) in [4.78, 5) is 24.3. The summed E-state index contributed by atoms with van der Waals surface area (Å²) < 4.78 is 26.8. The first kappa shape index (κ1) is 20.3. The SMILES string of the molecule is COc1cc(C(C)=O)ccc1OCC(=O)c1cc(C)n(-c2ccccc2F)c1C. The molecule has 5 nitrogen and oxygen atoms in total. The van der Waals surface area contributed by atoms with E-state index in [0.717, 1.165) is 5.69 Å². The number of methoxy groups -OCH3 is 1. The molecule has 6 heteroatoms. The van der Waals surface area contributed by atoms with Crippen molar-refractivity contribution in [1.82, 2.24) is 4.57 Å². The molecule has 0 unspecified atom stereocenters. The summed E-state index contributed by atoms with van der Waals surface area (Å²) >= 11 is 0. The quantitative estimate of drug-likeness (QED) is 0.544. The van der Waals surface area contributed by atoms with Crippen molar-refractivity contribution in [3.63, 3.8) is 0 Å². The van der Waals surface area contributed by atoms with Crippen LogP contribution in [0.5, 0.6) is 11.5 Å². The Hall–Kier alpha value is -3.41. The number of aromatic nitrogens is 1. The van der Waals surface area contributed by atoms with Gasteiger partial charge in [-0.1, -0.05) is 12.1 Å². The number of para-hydroxylation sites is 1. The van der Waals surface area contributed by atoms with Crippen LogP contribution >= 0.6 is 0 Å². The van der Waals surface area contributed by atoms with Crippen LogP contribution in [0.2, 0.25) is 0 Å². The van der Waals surface area contributed by atoms with Crippen molar-refractivity contribution < 1.29 is 23.5 Å². The van der Waals surface area contributed by atoms with E-state index in [0.29, 0.717) is 34.0 Å². The van der Waals surface area contributed by atoms with Crippen molar-refractivity contribution >= 4 is 11.6 Å². The number of hydrogen-bond acceptors (Lipinski definition) is 4. The lowest BCUT2D eigenvalue weighted by atomic mass is 10.1. The summed E-state index contributed by atoms with van der Waals surface area (Å²) in [5.41, 5.74) is 2.74. The Morgan fingerprint density at radius 1 is 1.03 bits per heavy atom. The highest BCUT2D eigenvalue weighted by Gasteiger charge is 2.19. The summed E-state index contributed by atoms with van der Waals surface area (Å²) in [6.45, 7) is 4.84. The maximum atomic E-state index is 14.2. The molecule has 0 aliphatic carbocycles. The van der Waals surface area contributed by atoms with Gasteiger partial charge in [-0.25, -0.2) is 4.39 Å². The second-order valence-electron chi connectivity index (χ2n) is 6.71. The number of hydrogen-bond donors (Lipinski definition) is 0. The normalized spacial score (nSPS) is 10.7. The molecule has 3 rings (SSSR count). The van der Waals surface area contributed by atoms with Crippen LogP contribution in [0, 0.1) is 19.7 Å². The fraction of sp³-hybridized carbons (Fsp3) is 0.217. The number of halogens is 1. The smallest absolute Gasteiger partial charge is 0.202 e. The minimum Gasteiger partial charge on any atom is -0.493 e. The summed E-state index contributed by atoms with van der Waals surface area (Å²) in [5, 5.41) is 0. The second kappa shape index (κ2) is 8.31. The van der Waals surface area contributed by atoms with E-state index in [-0.39, 0.29) is 24.0 Å². The number of carbonyl (C=O) groups excluding carboxylic acids is 2. The van der Waals surface area contributed by atoms with Gasteiger partial charge in [-0.05, 0) is 57.2 Å². The molecule has 0 atom stereocenters. The summed E-state index contributed by atoms with van der Waals surface area (Å²) in [5.74, 6) is 0.0563. The molecule has 0 amide bonds. The molecule has 0 aliphatic rings. The van der Waals surface area contributed by atoms with Gasteiger partial charge >= 0.3 is 0 Å². The first-order valence-corrected chi connectivity index (χ1v) is 9.12. The van der Waals surface area contributed by atoms with Crippen molar-refractivity contribution in [3.8, 4) is 17.2 Å². The van der Waals surface area contributed by atoms with Gasteiger partial charge in [0.05, 0.1) is 12.8 Å². The van der Waals surface area contributed by atoms with E-state index in [2.05, 4.69) is 0 Å². The highest BCUT2D eigenvalue weighted by Crippen LogP contribution is 2.29. The number of rotatable bonds is 7. The van der Waals surface area contributed by atoms with Gasteiger partial charge in [0.1, 0.15) is 5.82 Å². The molecule has 0 fully saturated rings. The Bertz CT molecular complexity index is 1080. The van der Waals surface area contributed by atoms with E-state index in [1.165, 1.54) is 20.1 Å². The lowest BCUT2D eigenvalue weighted by Gasteiger charge is -2.12. The maximum absolute atomic E-state index is 14.2. The molecule has 0 saturated heterocycles. The van der Waals surface area contributed by atoms with E-state index in [4.69, 9.17) is 9.47 Å². The Morgan fingerprint density at radius 3 is 2.41 bits per heavy atom. The lowest BCUT2D eigenvalue weighted by Crippen LogP contribution is -2.13. The average molecular weight is 395 g/mol. The Balaban J connectivity index is 1.83. The summed E-state index contributed by atoms with van der Waals surface area (Å²) in [7, 11) is 1.47. The molecule has 3 aromatic rings. The Kier molecular flexibility index (Phi) is 5.82. The van der Waals surface area contributed by atoms with Crippen LogP contribution in [0.3, 0.4) is 0 Å². The lowest BCUT2D eigenvalue weighted by molar-refractivity contribution is 0.0917. The maximum Gasteiger partial charge on any atom is 0.202 e. The molecule has 0 radical (unpaired) electrons. The van der Waals surface area contributed by atoms with Crippen molar-refractivity contribution in [2.45, 2.75) is 20.8 Å². The molecule has 0 saturated carbocycles. The zero-order valence-electron chi connectivity index (χ0n) is 16.8. The molecular weight excluding hydrogens is 373 g/mol. The standard InChI is InChI=1S/C23H22FNO4/c1-14-11-18(15(2)25(14)20-8-6-5-7-19(20)24)21(27)13-29-22-10-9-17(16(3)26)12-23(22)28-4/h5-12H,13H2,1-4H3. The number of benzene rings is 2. The fourth-order valence-electron chi connectivity index (χ4n) is 3.28. The third kappa shape index (κ3) is 4.06. The number of Topliss-reactive ketones (excluding diaryl/α,β-unsaturated/α-hetero) is 2. The Morgan fingerprint density at radius 2 is 1.76 bits per heavy atom. The van der Waals surface area contributed by atoms with Crippen LogP contribution in [0.25, 0.3) is 5.69 Å². The van der Waals surface area contributed by atoms with E-state index in [1.54, 1.807) is 54.0 Å². The van der Waals surface area contributed by atoms with E-state index in [9.17, 15) is 14.0 Å². The summed E-state index contributed by atoms with van der Waals surface area (Å²) in [6.07, 6.45) is 0. The molecule has 1 heterocycles. The van der Waals surface area contributed by atoms with E-state index < -0.39 is 0 Å². The zero-order chi connectivity index (χ0) is 21.1. The Labute approximate surface area is 168 Å². The average Bonchev–Trinajstić information content (AvgIpc) is 3.00. The molecule has 0 N–H and O–H groups in total. The monoisotopic (exact) mass is 395 g/mol. The third-order valence-corrected chi connectivity index (χ3v) is 4.75. The van der Waals surface area contributed by atoms with Crippen LogP contribution < -0.4 is 9.47 Å². The highest BCUT2D eigenvalue weighted by molar-refractivity contribution is 5.99. The van der Waals surface area contributed by atoms with Crippen LogP contribution in [-0.4, -0.2) is 29.9 Å². The van der Waals surface area contributed by atoms with Crippen molar-refractivity contribution in [2.75, 3.05) is 13.7 Å². The van der Waals surface area contributed by atoms with Gasteiger partial charge in [-0.2, -0.15) is 0 Å². The van der Waals surface area contributed by atoms with Crippen LogP contribution in [0.4, 0.5) is 4.39 Å². The van der Waals surface area contributed by atoms with Gasteiger partial charge in [0.2, 0.25) is 5.78 Å². The molecule has 1 aromatic heterocycles. The van der Waals surface area contributed by atoms with E-state index in [1.807, 2.05) is 6.92 Å². The van der Waals surface area contributed by atoms with Gasteiger partial charge in [0.25, 0.3) is 0 Å². The van der Waals surface area contributed by atoms with Gasteiger partial charge in [-0.3, -0.25) is 9.59 Å². The van der Waals surface area contributed by atoms with Gasteiger partial charge in [0.15, 0.2) is 23.9 Å². The molecule has 2 aromatic carbocycles. The third-order valence-electron chi connectivity index (χ3n) is 4.75. The predicted octanol–water partition coefficient (Wildman–Crippen LogP) is 4.71. The topological polar surface area (TPSA) is 57.5 Å². The van der Waals surface area contributed by atoms with Gasteiger partial charge in [-0.15, -0.1) is 0 Å². The van der Waals surface area contributed by atoms with Gasteiger partial charge in [0, 0.05) is 22.5 Å². The van der Waals surface area contributed by atoms with Crippen LogP contribution in [0.1, 0.15) is 39.0 Å². The molecule has 0 bridgehead atoms. The minimum absolute atomic E-state index is 0.0912. The zero-order valence-corrected chi connectivity index (χ0v) is 16.8. The predicted molar refractivity (Wildman–Crippen MR) is 108 cm³/mol. The molecule has 0 aliphatic heterocycles. The highest BCUT2D eigenvalue weighted by atomic mass is 19.1. The molecule has 0 spiro atoms. The molecule has 29 heavy (non-hydrogen) atoms. The second-order valence-corrected chi connectivity index (χ2v) is 6.71. The first-order valence-electron chi connectivity index (χ1n) is 9.12. The van der Waals surface area contributed by atoms with Crippen LogP contribution in [-0.2, 0) is 0 Å². The largest absolute Gasteiger partial charge is 0.493 e. The number of nitrogens with zero attached hydrogens (tertiary/aromatic N) is 1. The number of ether oxygens (including phenoxy) is 2. The summed E-state index contributed by atoms with van der Waals surface area (Å²) in [6, 6.07) is 12.9. The van der Waals surface area contributed by atoms with Crippen molar-refractivity contribution in [3.05, 3.63) is 76.9 Å². The minimum atomic E-state index is -0.361. The van der Waals surface area contributed by atoms with Crippen molar-refractivity contribution in [2.24, 2.45) is 0 Å². The number of carbonyl (C=O) groups is 2. The van der Waals surface area contributed by atoms with Crippen molar-refractivity contribution in [1.29, 1.82) is 0 Å². The van der Waals surface area contributed by atoms with E-state index >= 15 is 0 Å². The number of ketones is 2. The molecule has 150 valence electrons. The molecular formula is C23H22FNO4. The number of aryl methyl sites for hydroxylation is 1. The first-order chi connectivity index (χ1) is 13.8. The van der Waals surface area contributed by atoms with Gasteiger partial charge < -0.3 is 14.0 Å².